The third-order valence-corrected chi connectivity index (χ3v) is 4.17. The van der Waals surface area contributed by atoms with E-state index in [4.69, 9.17) is 5.11 Å². The first-order valence-corrected chi connectivity index (χ1v) is 6.99. The van der Waals surface area contributed by atoms with Gasteiger partial charge >= 0.3 is 5.97 Å². The van der Waals surface area contributed by atoms with E-state index < -0.39 is 22.7 Å². The summed E-state index contributed by atoms with van der Waals surface area (Å²) in [4.78, 5) is 28.8. The summed E-state index contributed by atoms with van der Waals surface area (Å²) in [5.41, 5.74) is -0.332. The normalized spacial score (nSPS) is 23.6. The second-order valence-electron chi connectivity index (χ2n) is 4.03. The molecule has 98 valence electrons. The maximum absolute atomic E-state index is 11.8. The van der Waals surface area contributed by atoms with E-state index >= 15 is 0 Å². The van der Waals surface area contributed by atoms with Crippen molar-refractivity contribution < 1.29 is 18.9 Å². The Morgan fingerprint density at radius 3 is 2.72 bits per heavy atom. The van der Waals surface area contributed by atoms with Crippen molar-refractivity contribution >= 4 is 22.7 Å². The smallest absolute Gasteiger partial charge is 0.354 e. The summed E-state index contributed by atoms with van der Waals surface area (Å²) in [5.74, 6) is -0.594. The number of carboxylic acids is 1. The van der Waals surface area contributed by atoms with Gasteiger partial charge in [-0.3, -0.25) is 9.00 Å². The molecule has 0 spiro atoms. The molecule has 0 unspecified atom stereocenters. The maximum atomic E-state index is 11.8. The molecule has 0 atom stereocenters. The Bertz CT molecular complexity index is 489. The first-order chi connectivity index (χ1) is 8.58. The molecular formula is C10H13N3O4S. The Morgan fingerprint density at radius 1 is 1.44 bits per heavy atom. The third-order valence-electron chi connectivity index (χ3n) is 2.79. The number of aromatic amines is 1. The number of aromatic carboxylic acids is 1. The molecule has 1 aliphatic rings. The lowest BCUT2D eigenvalue weighted by molar-refractivity contribution is 0.0684. The van der Waals surface area contributed by atoms with Crippen LogP contribution in [0.1, 0.15) is 33.8 Å². The van der Waals surface area contributed by atoms with Crippen molar-refractivity contribution in [3.05, 3.63) is 17.7 Å². The Labute approximate surface area is 105 Å². The number of amides is 1. The van der Waals surface area contributed by atoms with E-state index in [-0.39, 0.29) is 17.4 Å². The number of hydrogen-bond donors (Lipinski definition) is 3. The second kappa shape index (κ2) is 5.30. The Kier molecular flexibility index (Phi) is 3.75. The van der Waals surface area contributed by atoms with Crippen LogP contribution in [-0.2, 0) is 10.8 Å². The van der Waals surface area contributed by atoms with Gasteiger partial charge in [-0.2, -0.15) is 0 Å². The fraction of sp³-hybridized carbons (Fsp3) is 0.500. The fourth-order valence-electron chi connectivity index (χ4n) is 1.82. The summed E-state index contributed by atoms with van der Waals surface area (Å²) in [5, 5.41) is 11.6. The van der Waals surface area contributed by atoms with Gasteiger partial charge in [0.05, 0.1) is 6.33 Å². The molecular weight excluding hydrogens is 258 g/mol. The van der Waals surface area contributed by atoms with Crippen LogP contribution in [0.2, 0.25) is 0 Å². The van der Waals surface area contributed by atoms with Crippen molar-refractivity contribution in [3.8, 4) is 0 Å². The number of hydrogen-bond acceptors (Lipinski definition) is 4. The van der Waals surface area contributed by atoms with Crippen LogP contribution < -0.4 is 5.32 Å². The highest BCUT2D eigenvalue weighted by Gasteiger charge is 2.24. The summed E-state index contributed by atoms with van der Waals surface area (Å²) >= 11 is 0. The van der Waals surface area contributed by atoms with Crippen molar-refractivity contribution in [2.45, 2.75) is 18.9 Å². The van der Waals surface area contributed by atoms with Crippen molar-refractivity contribution in [1.82, 2.24) is 15.3 Å². The highest BCUT2D eigenvalue weighted by molar-refractivity contribution is 7.85. The standard InChI is InChI=1S/C10H13N3O4S/c14-9(7-8(10(15)16)12-5-11-7)13-6-1-3-18(17)4-2-6/h5-6H,1-4H2,(H,11,12)(H,13,14)(H,15,16). The van der Waals surface area contributed by atoms with Crippen LogP contribution in [0.4, 0.5) is 0 Å². The van der Waals surface area contributed by atoms with Gasteiger partial charge < -0.3 is 15.4 Å². The van der Waals surface area contributed by atoms with Crippen molar-refractivity contribution in [2.24, 2.45) is 0 Å². The van der Waals surface area contributed by atoms with Gasteiger partial charge in [0.1, 0.15) is 0 Å². The van der Waals surface area contributed by atoms with E-state index in [1.165, 1.54) is 6.33 Å². The number of carbonyl (C=O) groups excluding carboxylic acids is 1. The molecule has 0 radical (unpaired) electrons. The minimum atomic E-state index is -1.22. The zero-order valence-electron chi connectivity index (χ0n) is 9.51. The van der Waals surface area contributed by atoms with E-state index in [2.05, 4.69) is 15.3 Å². The number of rotatable bonds is 3. The zero-order valence-corrected chi connectivity index (χ0v) is 10.3. The number of H-pyrrole nitrogens is 1. The minimum Gasteiger partial charge on any atom is -0.477 e. The molecule has 2 rings (SSSR count). The van der Waals surface area contributed by atoms with E-state index in [1.807, 2.05) is 0 Å². The number of carboxylic acid groups (broad SMARTS) is 1. The van der Waals surface area contributed by atoms with E-state index in [1.54, 1.807) is 0 Å². The lowest BCUT2D eigenvalue weighted by atomic mass is 10.1. The molecule has 1 saturated heterocycles. The van der Waals surface area contributed by atoms with E-state index in [0.717, 1.165) is 0 Å². The third kappa shape index (κ3) is 2.76. The highest BCUT2D eigenvalue weighted by Crippen LogP contribution is 2.11. The molecule has 8 heteroatoms. The van der Waals surface area contributed by atoms with Gasteiger partial charge in [-0.25, -0.2) is 9.78 Å². The quantitative estimate of drug-likeness (QED) is 0.701. The molecule has 0 aliphatic carbocycles. The summed E-state index contributed by atoms with van der Waals surface area (Å²) in [6, 6.07) is -0.0615. The van der Waals surface area contributed by atoms with Gasteiger partial charge in [-0.1, -0.05) is 0 Å². The van der Waals surface area contributed by atoms with Crippen LogP contribution in [0.25, 0.3) is 0 Å². The van der Waals surface area contributed by atoms with Gasteiger partial charge in [0.2, 0.25) is 0 Å². The average molecular weight is 271 g/mol. The number of imidazole rings is 1. The van der Waals surface area contributed by atoms with E-state index in [9.17, 15) is 13.8 Å². The van der Waals surface area contributed by atoms with Crippen molar-refractivity contribution in [1.29, 1.82) is 0 Å². The fourth-order valence-corrected chi connectivity index (χ4v) is 3.12. The number of nitrogens with zero attached hydrogens (tertiary/aromatic N) is 1. The second-order valence-corrected chi connectivity index (χ2v) is 5.72. The lowest BCUT2D eigenvalue weighted by Crippen LogP contribution is -2.40. The molecule has 1 amide bonds. The first kappa shape index (κ1) is 12.7. The maximum Gasteiger partial charge on any atom is 0.354 e. The van der Waals surface area contributed by atoms with Gasteiger partial charge in [0.25, 0.3) is 5.91 Å². The van der Waals surface area contributed by atoms with E-state index in [0.29, 0.717) is 24.3 Å². The van der Waals surface area contributed by atoms with Crippen molar-refractivity contribution in [3.63, 3.8) is 0 Å². The highest BCUT2D eigenvalue weighted by atomic mass is 32.2. The van der Waals surface area contributed by atoms with Crippen LogP contribution in [0, 0.1) is 0 Å². The summed E-state index contributed by atoms with van der Waals surface area (Å²) in [6.07, 6.45) is 2.46. The molecule has 1 fully saturated rings. The molecule has 0 aromatic carbocycles. The first-order valence-electron chi connectivity index (χ1n) is 5.50. The molecule has 2 heterocycles. The molecule has 1 aliphatic heterocycles. The van der Waals surface area contributed by atoms with Crippen LogP contribution in [0.3, 0.4) is 0 Å². The lowest BCUT2D eigenvalue weighted by Gasteiger charge is -2.22. The SMILES string of the molecule is O=C(NC1CCS(=O)CC1)c1nc[nH]c1C(=O)O. The van der Waals surface area contributed by atoms with Gasteiger partial charge in [-0.15, -0.1) is 0 Å². The summed E-state index contributed by atoms with van der Waals surface area (Å²) in [7, 11) is -0.791. The largest absolute Gasteiger partial charge is 0.477 e. The molecule has 3 N–H and O–H groups in total. The molecule has 0 bridgehead atoms. The Balaban J connectivity index is 2.01. The molecule has 7 nitrogen and oxygen atoms in total. The molecule has 1 aromatic rings. The number of nitrogens with one attached hydrogen (secondary N) is 2. The topological polar surface area (TPSA) is 112 Å². The summed E-state index contributed by atoms with van der Waals surface area (Å²) < 4.78 is 11.2. The van der Waals surface area contributed by atoms with Crippen LogP contribution >= 0.6 is 0 Å². The number of carbonyl (C=O) groups is 2. The Hall–Kier alpha value is -1.70. The molecule has 0 saturated carbocycles. The van der Waals surface area contributed by atoms with Crippen LogP contribution in [0.15, 0.2) is 6.33 Å². The van der Waals surface area contributed by atoms with Gasteiger partial charge in [-0.05, 0) is 12.8 Å². The Morgan fingerprint density at radius 2 is 2.11 bits per heavy atom. The monoisotopic (exact) mass is 271 g/mol. The van der Waals surface area contributed by atoms with Crippen molar-refractivity contribution in [2.75, 3.05) is 11.5 Å². The minimum absolute atomic E-state index is 0.0615. The van der Waals surface area contributed by atoms with Gasteiger partial charge in [0, 0.05) is 28.3 Å². The number of aromatic nitrogens is 2. The molecule has 18 heavy (non-hydrogen) atoms. The molecule has 1 aromatic heterocycles. The average Bonchev–Trinajstić information content (AvgIpc) is 2.81. The summed E-state index contributed by atoms with van der Waals surface area (Å²) in [6.45, 7) is 0. The van der Waals surface area contributed by atoms with Crippen LogP contribution in [-0.4, -0.2) is 48.7 Å². The predicted molar refractivity (Wildman–Crippen MR) is 63.9 cm³/mol. The van der Waals surface area contributed by atoms with Gasteiger partial charge in [0.15, 0.2) is 11.4 Å². The van der Waals surface area contributed by atoms with Crippen LogP contribution in [0.5, 0.6) is 0 Å². The zero-order chi connectivity index (χ0) is 13.1. The predicted octanol–water partition coefficient (Wildman–Crippen LogP) is -0.251.